The van der Waals surface area contributed by atoms with Crippen LogP contribution in [0.1, 0.15) is 24.5 Å². The zero-order chi connectivity index (χ0) is 15.7. The van der Waals surface area contributed by atoms with Crippen LogP contribution in [0.5, 0.6) is 0 Å². The molecule has 0 radical (unpaired) electrons. The number of nitrogens with zero attached hydrogens (tertiary/aromatic N) is 2. The van der Waals surface area contributed by atoms with E-state index in [2.05, 4.69) is 41.4 Å². The van der Waals surface area contributed by atoms with Crippen LogP contribution in [0.2, 0.25) is 0 Å². The molecule has 6 heteroatoms. The van der Waals surface area contributed by atoms with Gasteiger partial charge in [0.1, 0.15) is 5.92 Å². The highest BCUT2D eigenvalue weighted by atomic mass is 16.6. The Morgan fingerprint density at radius 2 is 2.18 bits per heavy atom. The number of carbonyl (C=O) groups is 1. The number of fused-ring (bicyclic) bond motifs is 1. The first-order valence-electron chi connectivity index (χ1n) is 7.78. The van der Waals surface area contributed by atoms with E-state index < -0.39 is 12.0 Å². The van der Waals surface area contributed by atoms with Gasteiger partial charge >= 0.3 is 0 Å². The molecule has 2 aliphatic rings. The predicted molar refractivity (Wildman–Crippen MR) is 81.9 cm³/mol. The van der Waals surface area contributed by atoms with Gasteiger partial charge in [-0.05, 0) is 24.5 Å². The van der Waals surface area contributed by atoms with Crippen LogP contribution in [-0.4, -0.2) is 40.9 Å². The predicted octanol–water partition coefficient (Wildman–Crippen LogP) is 1.21. The molecule has 0 bridgehead atoms. The molecule has 1 amide bonds. The molecule has 0 saturated heterocycles. The van der Waals surface area contributed by atoms with Gasteiger partial charge in [-0.3, -0.25) is 19.8 Å². The molecule has 0 spiro atoms. The molecular formula is C16H21N3O3. The van der Waals surface area contributed by atoms with Crippen LogP contribution in [-0.2, 0) is 17.8 Å². The number of hydrogen-bond donors (Lipinski definition) is 1. The molecule has 0 unspecified atom stereocenters. The molecule has 22 heavy (non-hydrogen) atoms. The summed E-state index contributed by atoms with van der Waals surface area (Å²) in [7, 11) is 0. The first-order valence-corrected chi connectivity index (χ1v) is 7.78. The van der Waals surface area contributed by atoms with Crippen LogP contribution in [0.15, 0.2) is 24.3 Å². The highest BCUT2D eigenvalue weighted by Crippen LogP contribution is 2.33. The highest BCUT2D eigenvalue weighted by Gasteiger charge is 2.53. The zero-order valence-electron chi connectivity index (χ0n) is 12.7. The number of carbonyl (C=O) groups excluding carboxylic acids is 1. The molecule has 1 fully saturated rings. The number of nitrogens with one attached hydrogen (secondary N) is 1. The minimum atomic E-state index is -0.669. The van der Waals surface area contributed by atoms with E-state index in [1.165, 1.54) is 11.1 Å². The molecule has 1 aliphatic carbocycles. The van der Waals surface area contributed by atoms with Crippen LogP contribution in [0, 0.1) is 16.0 Å². The summed E-state index contributed by atoms with van der Waals surface area (Å²) in [5.41, 5.74) is 2.75. The lowest BCUT2D eigenvalue weighted by molar-refractivity contribution is -0.497. The standard InChI is InChI=1S/C16H21N3O3/c1-11(9-17-16(20)14-8-15(14)19(21)22)18-7-6-12-4-2-3-5-13(12)10-18/h2-5,11,14-15H,6-10H2,1H3,(H,17,20)/t11-,14+,15-/m1/s1. The fourth-order valence-electron chi connectivity index (χ4n) is 3.10. The second-order valence-electron chi connectivity index (χ2n) is 6.28. The number of nitro groups is 1. The lowest BCUT2D eigenvalue weighted by Crippen LogP contribution is -2.44. The van der Waals surface area contributed by atoms with Gasteiger partial charge in [0.05, 0.1) is 0 Å². The number of hydrogen-bond acceptors (Lipinski definition) is 4. The Balaban J connectivity index is 1.48. The van der Waals surface area contributed by atoms with Crippen molar-refractivity contribution in [3.05, 3.63) is 45.5 Å². The summed E-state index contributed by atoms with van der Waals surface area (Å²) in [6.07, 6.45) is 1.41. The summed E-state index contributed by atoms with van der Waals surface area (Å²) >= 11 is 0. The first kappa shape index (κ1) is 15.0. The monoisotopic (exact) mass is 303 g/mol. The summed E-state index contributed by atoms with van der Waals surface area (Å²) in [6, 6.07) is 8.00. The molecule has 1 aromatic carbocycles. The number of benzene rings is 1. The van der Waals surface area contributed by atoms with Crippen molar-refractivity contribution in [2.75, 3.05) is 13.1 Å². The third-order valence-electron chi connectivity index (χ3n) is 4.72. The summed E-state index contributed by atoms with van der Waals surface area (Å²) in [4.78, 5) is 24.5. The van der Waals surface area contributed by atoms with Gasteiger partial charge in [0.25, 0.3) is 0 Å². The quantitative estimate of drug-likeness (QED) is 0.655. The Hall–Kier alpha value is -1.95. The van der Waals surface area contributed by atoms with Gasteiger partial charge < -0.3 is 5.32 Å². The Kier molecular flexibility index (Phi) is 4.11. The Morgan fingerprint density at radius 1 is 1.45 bits per heavy atom. The first-order chi connectivity index (χ1) is 10.6. The van der Waals surface area contributed by atoms with Crippen molar-refractivity contribution in [3.8, 4) is 0 Å². The average molecular weight is 303 g/mol. The molecule has 1 aliphatic heterocycles. The minimum absolute atomic E-state index is 0.175. The molecule has 1 heterocycles. The van der Waals surface area contributed by atoms with Crippen LogP contribution in [0.25, 0.3) is 0 Å². The van der Waals surface area contributed by atoms with Crippen LogP contribution < -0.4 is 5.32 Å². The summed E-state index contributed by atoms with van der Waals surface area (Å²) in [5, 5.41) is 13.5. The smallest absolute Gasteiger partial charge is 0.230 e. The highest BCUT2D eigenvalue weighted by molar-refractivity contribution is 5.81. The molecule has 1 saturated carbocycles. The van der Waals surface area contributed by atoms with E-state index in [9.17, 15) is 14.9 Å². The van der Waals surface area contributed by atoms with Crippen LogP contribution >= 0.6 is 0 Å². The average Bonchev–Trinajstić information content (AvgIpc) is 3.32. The molecule has 1 N–H and O–H groups in total. The van der Waals surface area contributed by atoms with Gasteiger partial charge in [-0.15, -0.1) is 0 Å². The Labute approximate surface area is 129 Å². The van der Waals surface area contributed by atoms with Crippen molar-refractivity contribution in [2.24, 2.45) is 5.92 Å². The molecule has 6 nitrogen and oxygen atoms in total. The second kappa shape index (κ2) is 6.04. The second-order valence-corrected chi connectivity index (χ2v) is 6.28. The van der Waals surface area contributed by atoms with E-state index >= 15 is 0 Å². The van der Waals surface area contributed by atoms with Gasteiger partial charge in [-0.25, -0.2) is 0 Å². The largest absolute Gasteiger partial charge is 0.354 e. The van der Waals surface area contributed by atoms with E-state index in [1.54, 1.807) is 0 Å². The fraction of sp³-hybridized carbons (Fsp3) is 0.562. The molecular weight excluding hydrogens is 282 g/mol. The van der Waals surface area contributed by atoms with Crippen molar-refractivity contribution in [3.63, 3.8) is 0 Å². The zero-order valence-corrected chi connectivity index (χ0v) is 12.7. The maximum absolute atomic E-state index is 11.9. The van der Waals surface area contributed by atoms with E-state index in [0.29, 0.717) is 13.0 Å². The van der Waals surface area contributed by atoms with Gasteiger partial charge in [0.2, 0.25) is 11.9 Å². The third-order valence-corrected chi connectivity index (χ3v) is 4.72. The maximum atomic E-state index is 11.9. The SMILES string of the molecule is C[C@H](CNC(=O)[C@H]1C[C@H]1[N+](=O)[O-])N1CCc2ccccc2C1. The van der Waals surface area contributed by atoms with Crippen molar-refractivity contribution in [1.82, 2.24) is 10.2 Å². The van der Waals surface area contributed by atoms with E-state index in [0.717, 1.165) is 19.5 Å². The van der Waals surface area contributed by atoms with Crippen molar-refractivity contribution in [2.45, 2.75) is 38.4 Å². The molecule has 118 valence electrons. The molecule has 0 aromatic heterocycles. The number of rotatable bonds is 5. The fourth-order valence-corrected chi connectivity index (χ4v) is 3.10. The van der Waals surface area contributed by atoms with Crippen LogP contribution in [0.4, 0.5) is 0 Å². The Morgan fingerprint density at radius 3 is 2.86 bits per heavy atom. The third kappa shape index (κ3) is 3.11. The van der Waals surface area contributed by atoms with Crippen molar-refractivity contribution in [1.29, 1.82) is 0 Å². The minimum Gasteiger partial charge on any atom is -0.354 e. The van der Waals surface area contributed by atoms with E-state index in [1.807, 2.05) is 0 Å². The summed E-state index contributed by atoms with van der Waals surface area (Å²) < 4.78 is 0. The van der Waals surface area contributed by atoms with Crippen molar-refractivity contribution >= 4 is 5.91 Å². The lowest BCUT2D eigenvalue weighted by Gasteiger charge is -2.33. The normalized spacial score (nSPS) is 25.1. The molecule has 3 atom stereocenters. The number of amides is 1. The molecule has 1 aromatic rings. The van der Waals surface area contributed by atoms with Gasteiger partial charge in [-0.1, -0.05) is 24.3 Å². The van der Waals surface area contributed by atoms with Gasteiger partial charge in [0.15, 0.2) is 0 Å². The van der Waals surface area contributed by atoms with E-state index in [4.69, 9.17) is 0 Å². The maximum Gasteiger partial charge on any atom is 0.230 e. The van der Waals surface area contributed by atoms with Gasteiger partial charge in [-0.2, -0.15) is 0 Å². The summed E-state index contributed by atoms with van der Waals surface area (Å²) in [5.74, 6) is -0.602. The topological polar surface area (TPSA) is 75.5 Å². The lowest BCUT2D eigenvalue weighted by atomic mass is 9.99. The van der Waals surface area contributed by atoms with E-state index in [-0.39, 0.29) is 16.9 Å². The van der Waals surface area contributed by atoms with Crippen LogP contribution in [0.3, 0.4) is 0 Å². The molecule has 3 rings (SSSR count). The Bertz CT molecular complexity index is 590. The van der Waals surface area contributed by atoms with Gasteiger partial charge in [0, 0.05) is 37.0 Å². The van der Waals surface area contributed by atoms with Crippen molar-refractivity contribution < 1.29 is 9.72 Å². The summed E-state index contributed by atoms with van der Waals surface area (Å²) in [6.45, 7) is 4.51.